The van der Waals surface area contributed by atoms with E-state index in [1.54, 1.807) is 0 Å². The highest BCUT2D eigenvalue weighted by Crippen LogP contribution is 2.28. The molecular weight excluding hydrogens is 312 g/mol. The van der Waals surface area contributed by atoms with Crippen LogP contribution in [0.4, 0.5) is 0 Å². The van der Waals surface area contributed by atoms with E-state index < -0.39 is 0 Å². The summed E-state index contributed by atoms with van der Waals surface area (Å²) in [6.07, 6.45) is 5.78. The molecule has 0 saturated carbocycles. The van der Waals surface area contributed by atoms with Crippen molar-refractivity contribution >= 4 is 17.2 Å². The van der Waals surface area contributed by atoms with Crippen LogP contribution in [0.1, 0.15) is 29.9 Å². The zero-order valence-corrected chi connectivity index (χ0v) is 14.3. The van der Waals surface area contributed by atoms with Gasteiger partial charge in [0.2, 0.25) is 0 Å². The molecule has 0 bridgehead atoms. The number of fused-ring (bicyclic) bond motifs is 1. The fraction of sp³-hybridized carbons (Fsp3) is 0.300. The molecule has 5 heteroatoms. The lowest BCUT2D eigenvalue weighted by atomic mass is 9.90. The normalized spacial score (nSPS) is 19.0. The van der Waals surface area contributed by atoms with E-state index in [-0.39, 0.29) is 0 Å². The Kier molecular flexibility index (Phi) is 4.24. The number of hydrogen-bond acceptors (Lipinski definition) is 4. The predicted molar refractivity (Wildman–Crippen MR) is 99.9 cm³/mol. The van der Waals surface area contributed by atoms with Gasteiger partial charge >= 0.3 is 0 Å². The minimum atomic E-state index is 0.598. The molecule has 0 aliphatic carbocycles. The zero-order valence-electron chi connectivity index (χ0n) is 14.3. The second kappa shape index (κ2) is 6.69. The van der Waals surface area contributed by atoms with Gasteiger partial charge in [0.15, 0.2) is 0 Å². The van der Waals surface area contributed by atoms with Crippen molar-refractivity contribution in [3.05, 3.63) is 59.9 Å². The second-order valence-electron chi connectivity index (χ2n) is 6.80. The minimum absolute atomic E-state index is 0.598. The Morgan fingerprint density at radius 1 is 1.24 bits per heavy atom. The number of rotatable bonds is 3. The Bertz CT molecular complexity index is 915. The molecule has 128 valence electrons. The Morgan fingerprint density at radius 3 is 3.00 bits per heavy atom. The highest BCUT2D eigenvalue weighted by atomic mass is 16.4. The number of likely N-dealkylation sites (tertiary alicyclic amines) is 1. The minimum Gasteiger partial charge on any atom is -0.411 e. The molecule has 3 aromatic rings. The van der Waals surface area contributed by atoms with E-state index in [4.69, 9.17) is 5.21 Å². The van der Waals surface area contributed by atoms with Crippen molar-refractivity contribution in [1.82, 2.24) is 14.5 Å². The van der Waals surface area contributed by atoms with Crippen LogP contribution >= 0.6 is 0 Å². The van der Waals surface area contributed by atoms with E-state index in [1.165, 1.54) is 31.2 Å². The molecular formula is C20H22N4O. The Hall–Kier alpha value is -2.66. The molecule has 5 nitrogen and oxygen atoms in total. The molecule has 2 heterocycles. The summed E-state index contributed by atoms with van der Waals surface area (Å²) in [5, 5.41) is 11.8. The summed E-state index contributed by atoms with van der Waals surface area (Å²) >= 11 is 0. The molecule has 0 spiro atoms. The smallest absolute Gasteiger partial charge is 0.100 e. The van der Waals surface area contributed by atoms with Gasteiger partial charge in [-0.3, -0.25) is 4.57 Å². The van der Waals surface area contributed by atoms with Crippen LogP contribution in [0.3, 0.4) is 0 Å². The monoisotopic (exact) mass is 334 g/mol. The van der Waals surface area contributed by atoms with Crippen molar-refractivity contribution in [3.8, 4) is 5.69 Å². The van der Waals surface area contributed by atoms with E-state index in [1.807, 2.05) is 24.5 Å². The van der Waals surface area contributed by atoms with Crippen LogP contribution in [-0.4, -0.2) is 46.0 Å². The molecule has 2 aromatic carbocycles. The van der Waals surface area contributed by atoms with Gasteiger partial charge in [-0.25, -0.2) is 4.98 Å². The molecule has 1 N–H and O–H groups in total. The quantitative estimate of drug-likeness (QED) is 0.452. The predicted octanol–water partition coefficient (Wildman–Crippen LogP) is 3.64. The number of oxime groups is 1. The Labute approximate surface area is 147 Å². The van der Waals surface area contributed by atoms with Gasteiger partial charge in [-0.2, -0.15) is 0 Å². The van der Waals surface area contributed by atoms with Gasteiger partial charge in [0, 0.05) is 12.2 Å². The second-order valence-corrected chi connectivity index (χ2v) is 6.80. The third-order valence-electron chi connectivity index (χ3n) is 5.02. The van der Waals surface area contributed by atoms with Gasteiger partial charge in [0.25, 0.3) is 0 Å². The molecule has 25 heavy (non-hydrogen) atoms. The fourth-order valence-electron chi connectivity index (χ4n) is 3.75. The van der Waals surface area contributed by atoms with Gasteiger partial charge in [0.1, 0.15) is 6.33 Å². The number of benzene rings is 2. The standard InChI is InChI=1S/C20H22N4O/c1-23-9-3-5-17(13-23)16-4-2-6-18(11-16)24-14-21-19-10-15(12-22-25)7-8-20(19)24/h2,4,6-8,10-12,14,17,25H,3,5,9,13H2,1H3. The average molecular weight is 334 g/mol. The Morgan fingerprint density at radius 2 is 2.16 bits per heavy atom. The molecule has 0 radical (unpaired) electrons. The fourth-order valence-corrected chi connectivity index (χ4v) is 3.75. The number of aromatic nitrogens is 2. The van der Waals surface area contributed by atoms with Crippen LogP contribution in [0.15, 0.2) is 53.9 Å². The van der Waals surface area contributed by atoms with E-state index in [0.717, 1.165) is 28.8 Å². The van der Waals surface area contributed by atoms with Crippen LogP contribution in [0, 0.1) is 0 Å². The molecule has 1 unspecified atom stereocenters. The molecule has 1 fully saturated rings. The lowest BCUT2D eigenvalue weighted by Crippen LogP contribution is -2.30. The van der Waals surface area contributed by atoms with Gasteiger partial charge in [-0.1, -0.05) is 23.4 Å². The summed E-state index contributed by atoms with van der Waals surface area (Å²) in [7, 11) is 2.20. The van der Waals surface area contributed by atoms with Gasteiger partial charge < -0.3 is 10.1 Å². The SMILES string of the molecule is CN1CCCC(c2cccc(-n3cnc4cc(C=NO)ccc43)c2)C1. The first-order valence-corrected chi connectivity index (χ1v) is 8.68. The van der Waals surface area contributed by atoms with Crippen molar-refractivity contribution in [2.45, 2.75) is 18.8 Å². The maximum Gasteiger partial charge on any atom is 0.100 e. The summed E-state index contributed by atoms with van der Waals surface area (Å²) in [5.41, 5.74) is 5.30. The molecule has 4 rings (SSSR count). The van der Waals surface area contributed by atoms with E-state index in [0.29, 0.717) is 5.92 Å². The van der Waals surface area contributed by atoms with Crippen molar-refractivity contribution < 1.29 is 5.21 Å². The summed E-state index contributed by atoms with van der Waals surface area (Å²) in [6.45, 7) is 2.32. The van der Waals surface area contributed by atoms with Gasteiger partial charge in [0.05, 0.1) is 17.2 Å². The molecule has 1 aliphatic heterocycles. The Balaban J connectivity index is 1.70. The first kappa shape index (κ1) is 15.8. The highest BCUT2D eigenvalue weighted by Gasteiger charge is 2.19. The van der Waals surface area contributed by atoms with Gasteiger partial charge in [-0.15, -0.1) is 0 Å². The largest absolute Gasteiger partial charge is 0.411 e. The molecule has 1 aliphatic rings. The number of nitrogens with zero attached hydrogens (tertiary/aromatic N) is 4. The van der Waals surface area contributed by atoms with Crippen molar-refractivity contribution in [2.75, 3.05) is 20.1 Å². The maximum absolute atomic E-state index is 8.69. The lowest BCUT2D eigenvalue weighted by molar-refractivity contribution is 0.251. The summed E-state index contributed by atoms with van der Waals surface area (Å²) in [6, 6.07) is 14.7. The maximum atomic E-state index is 8.69. The molecule has 1 atom stereocenters. The molecule has 1 saturated heterocycles. The number of hydrogen-bond donors (Lipinski definition) is 1. The number of likely N-dealkylation sites (N-methyl/N-ethyl adjacent to an activating group) is 1. The van der Waals surface area contributed by atoms with Gasteiger partial charge in [-0.05, 0) is 67.7 Å². The topological polar surface area (TPSA) is 53.7 Å². The summed E-state index contributed by atoms with van der Waals surface area (Å²) in [5.74, 6) is 0.598. The summed E-state index contributed by atoms with van der Waals surface area (Å²) in [4.78, 5) is 6.92. The highest BCUT2D eigenvalue weighted by molar-refractivity contribution is 5.87. The van der Waals surface area contributed by atoms with E-state index >= 15 is 0 Å². The van der Waals surface area contributed by atoms with Crippen LogP contribution in [-0.2, 0) is 0 Å². The third-order valence-corrected chi connectivity index (χ3v) is 5.02. The first-order valence-electron chi connectivity index (χ1n) is 8.68. The zero-order chi connectivity index (χ0) is 17.2. The van der Waals surface area contributed by atoms with Crippen LogP contribution < -0.4 is 0 Å². The summed E-state index contributed by atoms with van der Waals surface area (Å²) < 4.78 is 2.12. The van der Waals surface area contributed by atoms with Crippen molar-refractivity contribution in [3.63, 3.8) is 0 Å². The number of piperidine rings is 1. The van der Waals surface area contributed by atoms with Crippen molar-refractivity contribution in [1.29, 1.82) is 0 Å². The first-order chi connectivity index (χ1) is 12.2. The van der Waals surface area contributed by atoms with Crippen LogP contribution in [0.5, 0.6) is 0 Å². The van der Waals surface area contributed by atoms with Crippen LogP contribution in [0.2, 0.25) is 0 Å². The molecule has 0 amide bonds. The average Bonchev–Trinajstić information content (AvgIpc) is 3.05. The molecule has 1 aromatic heterocycles. The number of imidazole rings is 1. The van der Waals surface area contributed by atoms with E-state index in [2.05, 4.69) is 50.9 Å². The lowest BCUT2D eigenvalue weighted by Gasteiger charge is -2.30. The third kappa shape index (κ3) is 3.15. The van der Waals surface area contributed by atoms with Crippen LogP contribution in [0.25, 0.3) is 16.7 Å². The van der Waals surface area contributed by atoms with E-state index in [9.17, 15) is 0 Å². The van der Waals surface area contributed by atoms with Crippen molar-refractivity contribution in [2.24, 2.45) is 5.16 Å².